The number of hydrogen-bond acceptors (Lipinski definition) is 7. The zero-order valence-electron chi connectivity index (χ0n) is 13.2. The minimum atomic E-state index is 0.132. The molecule has 0 saturated carbocycles. The molecule has 24 heavy (non-hydrogen) atoms. The summed E-state index contributed by atoms with van der Waals surface area (Å²) in [6.07, 6.45) is 3.71. The van der Waals surface area contributed by atoms with Crippen LogP contribution in [0.15, 0.2) is 47.1 Å². The van der Waals surface area contributed by atoms with Crippen LogP contribution < -0.4 is 5.73 Å². The summed E-state index contributed by atoms with van der Waals surface area (Å²) in [7, 11) is 0. The van der Waals surface area contributed by atoms with Crippen molar-refractivity contribution >= 4 is 5.82 Å². The van der Waals surface area contributed by atoms with Crippen LogP contribution in [0.2, 0.25) is 0 Å². The van der Waals surface area contributed by atoms with Gasteiger partial charge in [-0.3, -0.25) is 4.90 Å². The maximum atomic E-state index is 5.69. The molecule has 2 aromatic heterocycles. The summed E-state index contributed by atoms with van der Waals surface area (Å²) < 4.78 is 5.49. The highest BCUT2D eigenvalue weighted by Gasteiger charge is 2.31. The molecule has 1 saturated heterocycles. The number of hydrogen-bond donors (Lipinski definition) is 1. The second-order valence-electron chi connectivity index (χ2n) is 5.88. The molecular formula is C17H18N6O. The SMILES string of the molecule is Nc1ccnc(-c2noc(C3CCCN3Cc3ccccc3)n2)n1. The van der Waals surface area contributed by atoms with Crippen molar-refractivity contribution in [2.45, 2.75) is 25.4 Å². The van der Waals surface area contributed by atoms with Gasteiger partial charge in [-0.2, -0.15) is 4.98 Å². The van der Waals surface area contributed by atoms with Crippen LogP contribution in [0.25, 0.3) is 11.6 Å². The lowest BCUT2D eigenvalue weighted by atomic mass is 10.2. The van der Waals surface area contributed by atoms with Gasteiger partial charge in [-0.15, -0.1) is 0 Å². The van der Waals surface area contributed by atoms with Crippen LogP contribution in [0, 0.1) is 0 Å². The first kappa shape index (κ1) is 14.8. The van der Waals surface area contributed by atoms with Crippen LogP contribution in [-0.4, -0.2) is 31.6 Å². The number of nitrogen functional groups attached to an aromatic ring is 1. The lowest BCUT2D eigenvalue weighted by Gasteiger charge is -2.21. The van der Waals surface area contributed by atoms with Gasteiger partial charge in [0, 0.05) is 12.7 Å². The van der Waals surface area contributed by atoms with Crippen molar-refractivity contribution in [2.75, 3.05) is 12.3 Å². The predicted octanol–water partition coefficient (Wildman–Crippen LogP) is 2.45. The van der Waals surface area contributed by atoms with Gasteiger partial charge in [-0.1, -0.05) is 35.5 Å². The zero-order valence-corrected chi connectivity index (χ0v) is 13.2. The summed E-state index contributed by atoms with van der Waals surface area (Å²) in [4.78, 5) is 15.1. The van der Waals surface area contributed by atoms with Gasteiger partial charge in [0.15, 0.2) is 0 Å². The van der Waals surface area contributed by atoms with Gasteiger partial charge in [0.05, 0.1) is 6.04 Å². The molecule has 1 aromatic carbocycles. The highest BCUT2D eigenvalue weighted by molar-refractivity contribution is 5.45. The highest BCUT2D eigenvalue weighted by atomic mass is 16.5. The third-order valence-electron chi connectivity index (χ3n) is 4.20. The molecule has 7 nitrogen and oxygen atoms in total. The van der Waals surface area contributed by atoms with E-state index in [1.165, 1.54) is 5.56 Å². The second kappa shape index (κ2) is 6.37. The molecule has 7 heteroatoms. The minimum absolute atomic E-state index is 0.132. The number of anilines is 1. The van der Waals surface area contributed by atoms with Crippen LogP contribution in [0.4, 0.5) is 5.82 Å². The first-order valence-corrected chi connectivity index (χ1v) is 8.00. The van der Waals surface area contributed by atoms with Crippen molar-refractivity contribution in [2.24, 2.45) is 0 Å². The van der Waals surface area contributed by atoms with Gasteiger partial charge < -0.3 is 10.3 Å². The van der Waals surface area contributed by atoms with Crippen molar-refractivity contribution in [3.05, 3.63) is 54.0 Å². The lowest BCUT2D eigenvalue weighted by molar-refractivity contribution is 0.201. The summed E-state index contributed by atoms with van der Waals surface area (Å²) >= 11 is 0. The molecule has 1 fully saturated rings. The molecule has 3 heterocycles. The molecule has 0 aliphatic carbocycles. The van der Waals surface area contributed by atoms with E-state index in [1.807, 2.05) is 6.07 Å². The lowest BCUT2D eigenvalue weighted by Crippen LogP contribution is -2.23. The number of aromatic nitrogens is 4. The molecule has 2 N–H and O–H groups in total. The molecule has 4 rings (SSSR count). The number of nitrogens with zero attached hydrogens (tertiary/aromatic N) is 5. The Bertz CT molecular complexity index is 819. The Morgan fingerprint density at radius 3 is 2.83 bits per heavy atom. The average molecular weight is 322 g/mol. The predicted molar refractivity (Wildman–Crippen MR) is 88.6 cm³/mol. The molecule has 0 amide bonds. The largest absolute Gasteiger partial charge is 0.384 e. The van der Waals surface area contributed by atoms with E-state index in [0.717, 1.165) is 25.9 Å². The standard InChI is InChI=1S/C17H18N6O/c18-14-8-9-19-15(20-14)16-21-17(24-22-16)13-7-4-10-23(13)11-12-5-2-1-3-6-12/h1-3,5-6,8-9,13H,4,7,10-11H2,(H2,18,19,20). The molecule has 0 bridgehead atoms. The summed E-state index contributed by atoms with van der Waals surface area (Å²) in [5.74, 6) is 1.77. The fourth-order valence-corrected chi connectivity index (χ4v) is 3.05. The van der Waals surface area contributed by atoms with Crippen molar-refractivity contribution in [3.63, 3.8) is 0 Å². The van der Waals surface area contributed by atoms with E-state index in [2.05, 4.69) is 49.3 Å². The van der Waals surface area contributed by atoms with Crippen molar-refractivity contribution in [1.29, 1.82) is 0 Å². The number of likely N-dealkylation sites (tertiary alicyclic amines) is 1. The third kappa shape index (κ3) is 2.98. The van der Waals surface area contributed by atoms with E-state index >= 15 is 0 Å². The maximum Gasteiger partial charge on any atom is 0.244 e. The minimum Gasteiger partial charge on any atom is -0.384 e. The summed E-state index contributed by atoms with van der Waals surface area (Å²) in [6, 6.07) is 12.2. The van der Waals surface area contributed by atoms with Gasteiger partial charge in [-0.05, 0) is 31.0 Å². The Kier molecular flexibility index (Phi) is 3.92. The number of rotatable bonds is 4. The van der Waals surface area contributed by atoms with Gasteiger partial charge >= 0.3 is 0 Å². The van der Waals surface area contributed by atoms with E-state index in [4.69, 9.17) is 10.3 Å². The van der Waals surface area contributed by atoms with Gasteiger partial charge in [-0.25, -0.2) is 9.97 Å². The molecule has 0 radical (unpaired) electrons. The van der Waals surface area contributed by atoms with Crippen LogP contribution in [0.1, 0.15) is 30.3 Å². The Hall–Kier alpha value is -2.80. The van der Waals surface area contributed by atoms with Crippen molar-refractivity contribution in [3.8, 4) is 11.6 Å². The molecule has 0 spiro atoms. The van der Waals surface area contributed by atoms with Crippen LogP contribution in [0.3, 0.4) is 0 Å². The Labute approximate surface area is 139 Å². The quantitative estimate of drug-likeness (QED) is 0.788. The molecule has 1 aliphatic heterocycles. The summed E-state index contributed by atoms with van der Waals surface area (Å²) in [5.41, 5.74) is 6.97. The third-order valence-corrected chi connectivity index (χ3v) is 4.20. The smallest absolute Gasteiger partial charge is 0.244 e. The Morgan fingerprint density at radius 1 is 1.12 bits per heavy atom. The van der Waals surface area contributed by atoms with Crippen LogP contribution in [-0.2, 0) is 6.54 Å². The molecule has 3 aromatic rings. The monoisotopic (exact) mass is 322 g/mol. The Balaban J connectivity index is 1.55. The van der Waals surface area contributed by atoms with E-state index in [9.17, 15) is 0 Å². The molecule has 1 aliphatic rings. The topological polar surface area (TPSA) is 94.0 Å². The van der Waals surface area contributed by atoms with Gasteiger partial charge in [0.2, 0.25) is 17.5 Å². The average Bonchev–Trinajstić information content (AvgIpc) is 3.25. The maximum absolute atomic E-state index is 5.69. The van der Waals surface area contributed by atoms with E-state index in [-0.39, 0.29) is 6.04 Å². The van der Waals surface area contributed by atoms with E-state index in [1.54, 1.807) is 12.3 Å². The Morgan fingerprint density at radius 2 is 2.00 bits per heavy atom. The zero-order chi connectivity index (χ0) is 16.4. The summed E-state index contributed by atoms with van der Waals surface area (Å²) in [5, 5.41) is 4.02. The highest BCUT2D eigenvalue weighted by Crippen LogP contribution is 2.32. The van der Waals surface area contributed by atoms with E-state index in [0.29, 0.717) is 23.4 Å². The van der Waals surface area contributed by atoms with E-state index < -0.39 is 0 Å². The number of nitrogens with two attached hydrogens (primary N) is 1. The first-order valence-electron chi connectivity index (χ1n) is 8.00. The van der Waals surface area contributed by atoms with Gasteiger partial charge in [0.1, 0.15) is 5.82 Å². The molecule has 1 unspecified atom stereocenters. The summed E-state index contributed by atoms with van der Waals surface area (Å²) in [6.45, 7) is 1.89. The molecule has 122 valence electrons. The van der Waals surface area contributed by atoms with Gasteiger partial charge in [0.25, 0.3) is 0 Å². The van der Waals surface area contributed by atoms with Crippen molar-refractivity contribution < 1.29 is 4.52 Å². The van der Waals surface area contributed by atoms with Crippen LogP contribution >= 0.6 is 0 Å². The normalized spacial score (nSPS) is 18.1. The number of benzene rings is 1. The van der Waals surface area contributed by atoms with Crippen molar-refractivity contribution in [1.82, 2.24) is 25.0 Å². The molecular weight excluding hydrogens is 304 g/mol. The fraction of sp³-hybridized carbons (Fsp3) is 0.294. The first-order chi connectivity index (χ1) is 11.8. The fourth-order valence-electron chi connectivity index (χ4n) is 3.05. The second-order valence-corrected chi connectivity index (χ2v) is 5.88. The van der Waals surface area contributed by atoms with Crippen LogP contribution in [0.5, 0.6) is 0 Å². The molecule has 1 atom stereocenters.